The van der Waals surface area contributed by atoms with Crippen molar-refractivity contribution < 1.29 is 14.3 Å². The van der Waals surface area contributed by atoms with Crippen molar-refractivity contribution in [2.45, 2.75) is 26.3 Å². The second-order valence-corrected chi connectivity index (χ2v) is 5.60. The molecule has 0 aliphatic carbocycles. The SMILES string of the molecule is COC(=O)[C@H](CC(C)C)NC(=O)c1cccc(Br)c1. The van der Waals surface area contributed by atoms with E-state index >= 15 is 0 Å². The number of ether oxygens (including phenoxy) is 1. The normalized spacial score (nSPS) is 12.1. The van der Waals surface area contributed by atoms with Crippen LogP contribution in [0, 0.1) is 5.92 Å². The summed E-state index contributed by atoms with van der Waals surface area (Å²) in [6.07, 6.45) is 0.548. The van der Waals surface area contributed by atoms with Gasteiger partial charge in [0, 0.05) is 10.0 Å². The number of hydrogen-bond acceptors (Lipinski definition) is 3. The molecule has 0 unspecified atom stereocenters. The highest BCUT2D eigenvalue weighted by Gasteiger charge is 2.23. The van der Waals surface area contributed by atoms with Crippen molar-refractivity contribution in [2.75, 3.05) is 7.11 Å². The fourth-order valence-electron chi connectivity index (χ4n) is 1.70. The van der Waals surface area contributed by atoms with Crippen molar-refractivity contribution in [2.24, 2.45) is 5.92 Å². The number of esters is 1. The van der Waals surface area contributed by atoms with Crippen molar-refractivity contribution in [3.63, 3.8) is 0 Å². The van der Waals surface area contributed by atoms with Gasteiger partial charge in [0.1, 0.15) is 6.04 Å². The Morgan fingerprint density at radius 3 is 2.58 bits per heavy atom. The third-order valence-corrected chi connectivity index (χ3v) is 3.08. The Morgan fingerprint density at radius 1 is 1.37 bits per heavy atom. The van der Waals surface area contributed by atoms with Gasteiger partial charge in [-0.15, -0.1) is 0 Å². The fourth-order valence-corrected chi connectivity index (χ4v) is 2.10. The lowest BCUT2D eigenvalue weighted by Crippen LogP contribution is -2.42. The smallest absolute Gasteiger partial charge is 0.328 e. The number of carbonyl (C=O) groups excluding carboxylic acids is 2. The Kier molecular flexibility index (Phi) is 6.02. The molecule has 1 amide bonds. The summed E-state index contributed by atoms with van der Waals surface area (Å²) in [7, 11) is 1.32. The van der Waals surface area contributed by atoms with Crippen molar-refractivity contribution in [1.82, 2.24) is 5.32 Å². The van der Waals surface area contributed by atoms with Gasteiger partial charge in [-0.3, -0.25) is 4.79 Å². The molecule has 0 heterocycles. The van der Waals surface area contributed by atoms with Gasteiger partial charge < -0.3 is 10.1 Å². The van der Waals surface area contributed by atoms with Crippen LogP contribution < -0.4 is 5.32 Å². The Bertz CT molecular complexity index is 460. The first kappa shape index (κ1) is 15.7. The predicted molar refractivity (Wildman–Crippen MR) is 76.9 cm³/mol. The quantitative estimate of drug-likeness (QED) is 0.846. The predicted octanol–water partition coefficient (Wildman–Crippen LogP) is 2.77. The number of benzene rings is 1. The molecule has 4 nitrogen and oxygen atoms in total. The molecule has 0 aliphatic heterocycles. The molecule has 5 heteroatoms. The van der Waals surface area contributed by atoms with E-state index in [0.29, 0.717) is 12.0 Å². The topological polar surface area (TPSA) is 55.4 Å². The minimum atomic E-state index is -0.614. The van der Waals surface area contributed by atoms with Gasteiger partial charge >= 0.3 is 5.97 Å². The van der Waals surface area contributed by atoms with Crippen LogP contribution in [0.1, 0.15) is 30.6 Å². The van der Waals surface area contributed by atoms with Gasteiger partial charge in [0.05, 0.1) is 7.11 Å². The molecule has 104 valence electrons. The minimum Gasteiger partial charge on any atom is -0.467 e. The van der Waals surface area contributed by atoms with Gasteiger partial charge in [0.2, 0.25) is 0 Å². The van der Waals surface area contributed by atoms with Crippen LogP contribution in [0.15, 0.2) is 28.7 Å². The summed E-state index contributed by atoms with van der Waals surface area (Å²) in [4.78, 5) is 23.7. The average molecular weight is 328 g/mol. The molecule has 0 radical (unpaired) electrons. The first-order chi connectivity index (χ1) is 8.93. The molecule has 19 heavy (non-hydrogen) atoms. The zero-order valence-corrected chi connectivity index (χ0v) is 12.9. The molecule has 0 bridgehead atoms. The molecule has 0 aliphatic rings. The lowest BCUT2D eigenvalue weighted by atomic mass is 10.0. The summed E-state index contributed by atoms with van der Waals surface area (Å²) in [6, 6.07) is 6.40. The Hall–Kier alpha value is -1.36. The molecule has 0 fully saturated rings. The standard InChI is InChI=1S/C14H18BrNO3/c1-9(2)7-12(14(18)19-3)16-13(17)10-5-4-6-11(15)8-10/h4-6,8-9,12H,7H2,1-3H3,(H,16,17)/t12-/m0/s1. The maximum absolute atomic E-state index is 12.1. The van der Waals surface area contributed by atoms with Gasteiger partial charge in [-0.1, -0.05) is 35.8 Å². The summed E-state index contributed by atoms with van der Waals surface area (Å²) in [5.74, 6) is -0.415. The summed E-state index contributed by atoms with van der Waals surface area (Å²) in [6.45, 7) is 3.97. The molecule has 1 atom stereocenters. The maximum atomic E-state index is 12.1. The van der Waals surface area contributed by atoms with Gasteiger partial charge in [-0.2, -0.15) is 0 Å². The maximum Gasteiger partial charge on any atom is 0.328 e. The van der Waals surface area contributed by atoms with Crippen molar-refractivity contribution in [1.29, 1.82) is 0 Å². The average Bonchev–Trinajstić information content (AvgIpc) is 2.36. The van der Waals surface area contributed by atoms with Crippen LogP contribution in [-0.4, -0.2) is 25.0 Å². The van der Waals surface area contributed by atoms with Crippen LogP contribution in [0.4, 0.5) is 0 Å². The van der Waals surface area contributed by atoms with E-state index in [1.807, 2.05) is 19.9 Å². The van der Waals surface area contributed by atoms with E-state index in [4.69, 9.17) is 4.74 Å². The number of halogens is 1. The monoisotopic (exact) mass is 327 g/mol. The lowest BCUT2D eigenvalue weighted by molar-refractivity contribution is -0.143. The van der Waals surface area contributed by atoms with Gasteiger partial charge in [-0.25, -0.2) is 4.79 Å². The van der Waals surface area contributed by atoms with Crippen LogP contribution in [0.5, 0.6) is 0 Å². The number of hydrogen-bond donors (Lipinski definition) is 1. The molecule has 0 saturated heterocycles. The molecule has 0 spiro atoms. The van der Waals surface area contributed by atoms with Gasteiger partial charge in [0.25, 0.3) is 5.91 Å². The third kappa shape index (κ3) is 5.03. The van der Waals surface area contributed by atoms with E-state index in [1.165, 1.54) is 7.11 Å². The van der Waals surface area contributed by atoms with Crippen molar-refractivity contribution in [3.05, 3.63) is 34.3 Å². The Labute approximate surface area is 121 Å². The molecule has 0 saturated carbocycles. The van der Waals surface area contributed by atoms with Crippen molar-refractivity contribution in [3.8, 4) is 0 Å². The molecular formula is C14H18BrNO3. The molecule has 1 N–H and O–H groups in total. The van der Waals surface area contributed by atoms with E-state index in [1.54, 1.807) is 18.2 Å². The lowest BCUT2D eigenvalue weighted by Gasteiger charge is -2.18. The third-order valence-electron chi connectivity index (χ3n) is 2.58. The molecule has 1 aromatic carbocycles. The molecule has 1 aromatic rings. The van der Waals surface area contributed by atoms with Crippen LogP contribution in [0.25, 0.3) is 0 Å². The van der Waals surface area contributed by atoms with E-state index in [-0.39, 0.29) is 11.8 Å². The zero-order chi connectivity index (χ0) is 14.4. The summed E-state index contributed by atoms with van der Waals surface area (Å²) < 4.78 is 5.53. The van der Waals surface area contributed by atoms with E-state index in [2.05, 4.69) is 21.2 Å². The number of rotatable bonds is 5. The second-order valence-electron chi connectivity index (χ2n) is 4.69. The summed E-state index contributed by atoms with van der Waals surface area (Å²) >= 11 is 3.31. The van der Waals surface area contributed by atoms with Gasteiger partial charge in [0.15, 0.2) is 0 Å². The largest absolute Gasteiger partial charge is 0.467 e. The number of nitrogens with one attached hydrogen (secondary N) is 1. The summed E-state index contributed by atoms with van der Waals surface area (Å²) in [5.41, 5.74) is 0.507. The van der Waals surface area contributed by atoms with E-state index in [9.17, 15) is 9.59 Å². The number of amides is 1. The molecule has 1 rings (SSSR count). The molecule has 0 aromatic heterocycles. The first-order valence-corrected chi connectivity index (χ1v) is 6.87. The minimum absolute atomic E-state index is 0.280. The highest BCUT2D eigenvalue weighted by Crippen LogP contribution is 2.13. The van der Waals surface area contributed by atoms with E-state index in [0.717, 1.165) is 4.47 Å². The Morgan fingerprint density at radius 2 is 2.05 bits per heavy atom. The number of methoxy groups -OCH3 is 1. The van der Waals surface area contributed by atoms with Crippen LogP contribution in [0.2, 0.25) is 0 Å². The van der Waals surface area contributed by atoms with Gasteiger partial charge in [-0.05, 0) is 30.5 Å². The van der Waals surface area contributed by atoms with Crippen molar-refractivity contribution >= 4 is 27.8 Å². The van der Waals surface area contributed by atoms with Crippen LogP contribution in [-0.2, 0) is 9.53 Å². The van der Waals surface area contributed by atoms with E-state index < -0.39 is 12.0 Å². The fraction of sp³-hybridized carbons (Fsp3) is 0.429. The Balaban J connectivity index is 2.78. The van der Waals surface area contributed by atoms with Crippen LogP contribution >= 0.6 is 15.9 Å². The first-order valence-electron chi connectivity index (χ1n) is 6.08. The highest BCUT2D eigenvalue weighted by molar-refractivity contribution is 9.10. The highest BCUT2D eigenvalue weighted by atomic mass is 79.9. The summed E-state index contributed by atoms with van der Waals surface area (Å²) in [5, 5.41) is 2.71. The number of carbonyl (C=O) groups is 2. The van der Waals surface area contributed by atoms with Crippen LogP contribution in [0.3, 0.4) is 0 Å². The second kappa shape index (κ2) is 7.28. The molecular weight excluding hydrogens is 310 g/mol. The zero-order valence-electron chi connectivity index (χ0n) is 11.3.